The second-order valence-corrected chi connectivity index (χ2v) is 8.54. The van der Waals surface area contributed by atoms with Gasteiger partial charge in [-0.05, 0) is 50.4 Å². The first kappa shape index (κ1) is 22.7. The van der Waals surface area contributed by atoms with Crippen molar-refractivity contribution in [2.75, 3.05) is 18.1 Å². The number of carbonyl (C=O) groups is 1. The van der Waals surface area contributed by atoms with Gasteiger partial charge in [-0.3, -0.25) is 9.48 Å². The van der Waals surface area contributed by atoms with E-state index in [0.717, 1.165) is 16.8 Å². The lowest BCUT2D eigenvalue weighted by Gasteiger charge is -2.11. The molecule has 4 aromatic rings. The zero-order valence-electron chi connectivity index (χ0n) is 18.8. The highest BCUT2D eigenvalue weighted by atomic mass is 32.2. The second kappa shape index (κ2) is 9.57. The number of thioether (sulfide) groups is 1. The van der Waals surface area contributed by atoms with Crippen molar-refractivity contribution in [2.24, 2.45) is 7.05 Å². The molecule has 2 N–H and O–H groups in total. The van der Waals surface area contributed by atoms with Crippen LogP contribution in [0.25, 0.3) is 22.3 Å². The fourth-order valence-corrected chi connectivity index (χ4v) is 3.74. The van der Waals surface area contributed by atoms with Gasteiger partial charge in [-0.15, -0.1) is 0 Å². The lowest BCUT2D eigenvalue weighted by Crippen LogP contribution is -2.29. The van der Waals surface area contributed by atoms with Crippen molar-refractivity contribution in [3.05, 3.63) is 48.0 Å². The van der Waals surface area contributed by atoms with E-state index in [4.69, 9.17) is 0 Å². The maximum absolute atomic E-state index is 13.2. The predicted octanol–water partition coefficient (Wildman–Crippen LogP) is 3.34. The predicted molar refractivity (Wildman–Crippen MR) is 127 cm³/mol. The third-order valence-corrected chi connectivity index (χ3v) is 5.49. The lowest BCUT2D eigenvalue weighted by molar-refractivity contribution is 0.0942. The van der Waals surface area contributed by atoms with Gasteiger partial charge in [0.2, 0.25) is 0 Å². The quantitative estimate of drug-likeness (QED) is 0.302. The fourth-order valence-electron chi connectivity index (χ4n) is 3.38. The summed E-state index contributed by atoms with van der Waals surface area (Å²) in [5, 5.41) is 16.5. The van der Waals surface area contributed by atoms with Crippen LogP contribution < -0.4 is 10.6 Å². The molecule has 0 bridgehead atoms. The number of fused-ring (bicyclic) bond motifs is 1. The van der Waals surface area contributed by atoms with E-state index in [1.165, 1.54) is 28.6 Å². The Bertz CT molecular complexity index is 1280. The average molecular weight is 469 g/mol. The molecular weight excluding hydrogens is 443 g/mol. The smallest absolute Gasteiger partial charge is 0.269 e. The molecule has 0 aliphatic carbocycles. The monoisotopic (exact) mass is 468 g/mol. The van der Waals surface area contributed by atoms with E-state index in [-0.39, 0.29) is 17.8 Å². The molecule has 0 unspecified atom stereocenters. The van der Waals surface area contributed by atoms with Gasteiger partial charge in [-0.1, -0.05) is 11.8 Å². The van der Waals surface area contributed by atoms with Crippen LogP contribution in [-0.2, 0) is 13.6 Å². The Morgan fingerprint density at radius 1 is 1.21 bits per heavy atom. The molecule has 0 atom stereocenters. The van der Waals surface area contributed by atoms with E-state index in [1.54, 1.807) is 36.1 Å². The maximum Gasteiger partial charge on any atom is 0.269 e. The number of hydrogen-bond acceptors (Lipinski definition) is 7. The zero-order valence-corrected chi connectivity index (χ0v) is 19.6. The molecule has 0 spiro atoms. The van der Waals surface area contributed by atoms with Crippen molar-refractivity contribution in [1.29, 1.82) is 0 Å². The molecule has 172 valence electrons. The number of aromatic nitrogens is 6. The Hall–Kier alpha value is -3.47. The third-order valence-electron chi connectivity index (χ3n) is 4.95. The number of rotatable bonds is 8. The van der Waals surface area contributed by atoms with E-state index in [1.807, 2.05) is 20.1 Å². The summed E-state index contributed by atoms with van der Waals surface area (Å²) in [6, 6.07) is 7.91. The van der Waals surface area contributed by atoms with Crippen molar-refractivity contribution < 1.29 is 9.18 Å². The lowest BCUT2D eigenvalue weighted by atomic mass is 10.1. The molecule has 0 saturated carbocycles. The molecule has 0 aliphatic heterocycles. The molecule has 0 fully saturated rings. The van der Waals surface area contributed by atoms with Crippen LogP contribution in [0.5, 0.6) is 0 Å². The minimum absolute atomic E-state index is 0.221. The summed E-state index contributed by atoms with van der Waals surface area (Å²) in [5.41, 5.74) is 2.47. The Balaban J connectivity index is 1.46. The molecule has 1 amide bonds. The van der Waals surface area contributed by atoms with E-state index in [2.05, 4.69) is 30.8 Å². The SMILES string of the molecule is CSc1nc(NC(C)C)c2cnn(CCNC(=O)c3cc(-c4ccc(F)cc4)nn3C)c2n1. The molecule has 1 aromatic carbocycles. The van der Waals surface area contributed by atoms with Crippen molar-refractivity contribution in [3.8, 4) is 11.3 Å². The Morgan fingerprint density at radius 2 is 1.97 bits per heavy atom. The molecule has 0 saturated heterocycles. The van der Waals surface area contributed by atoms with Gasteiger partial charge in [0.25, 0.3) is 5.91 Å². The van der Waals surface area contributed by atoms with Crippen LogP contribution in [0.3, 0.4) is 0 Å². The van der Waals surface area contributed by atoms with Gasteiger partial charge in [0.05, 0.1) is 23.8 Å². The largest absolute Gasteiger partial charge is 0.367 e. The van der Waals surface area contributed by atoms with Gasteiger partial charge in [0.1, 0.15) is 17.3 Å². The number of nitrogens with zero attached hydrogens (tertiary/aromatic N) is 6. The molecular formula is C22H25FN8OS. The number of carbonyl (C=O) groups excluding carboxylic acids is 1. The molecule has 0 aliphatic rings. The highest BCUT2D eigenvalue weighted by Gasteiger charge is 2.16. The van der Waals surface area contributed by atoms with E-state index in [9.17, 15) is 9.18 Å². The highest BCUT2D eigenvalue weighted by molar-refractivity contribution is 7.98. The van der Waals surface area contributed by atoms with E-state index in [0.29, 0.717) is 35.3 Å². The van der Waals surface area contributed by atoms with Gasteiger partial charge in [0, 0.05) is 25.2 Å². The Morgan fingerprint density at radius 3 is 2.67 bits per heavy atom. The number of amides is 1. The van der Waals surface area contributed by atoms with Crippen molar-refractivity contribution in [1.82, 2.24) is 34.8 Å². The van der Waals surface area contributed by atoms with Gasteiger partial charge in [-0.2, -0.15) is 10.2 Å². The Kier molecular flexibility index (Phi) is 6.59. The number of anilines is 1. The topological polar surface area (TPSA) is 103 Å². The van der Waals surface area contributed by atoms with Crippen LogP contribution in [0.4, 0.5) is 10.2 Å². The van der Waals surface area contributed by atoms with Gasteiger partial charge in [-0.25, -0.2) is 19.0 Å². The van der Waals surface area contributed by atoms with Crippen LogP contribution >= 0.6 is 11.8 Å². The summed E-state index contributed by atoms with van der Waals surface area (Å²) in [7, 11) is 1.70. The molecule has 0 radical (unpaired) electrons. The van der Waals surface area contributed by atoms with Crippen LogP contribution in [-0.4, -0.2) is 54.3 Å². The summed E-state index contributed by atoms with van der Waals surface area (Å²) >= 11 is 1.46. The number of benzene rings is 1. The fraction of sp³-hybridized carbons (Fsp3) is 0.318. The highest BCUT2D eigenvalue weighted by Crippen LogP contribution is 2.24. The van der Waals surface area contributed by atoms with Crippen molar-refractivity contribution >= 4 is 34.5 Å². The van der Waals surface area contributed by atoms with Crippen LogP contribution in [0.2, 0.25) is 0 Å². The first-order valence-electron chi connectivity index (χ1n) is 10.5. The third kappa shape index (κ3) is 4.98. The van der Waals surface area contributed by atoms with Gasteiger partial charge >= 0.3 is 0 Å². The summed E-state index contributed by atoms with van der Waals surface area (Å²) in [6.45, 7) is 4.90. The summed E-state index contributed by atoms with van der Waals surface area (Å²) < 4.78 is 16.5. The molecule has 3 aromatic heterocycles. The van der Waals surface area contributed by atoms with Crippen LogP contribution in [0.1, 0.15) is 24.3 Å². The standard InChI is InChI=1S/C22H25FN8OS/c1-13(2)26-19-16-12-25-31(20(16)28-22(27-19)33-4)10-9-24-21(32)18-11-17(29-30(18)3)14-5-7-15(23)8-6-14/h5-8,11-13H,9-10H2,1-4H3,(H,24,32)(H,26,27,28). The normalized spacial score (nSPS) is 11.3. The van der Waals surface area contributed by atoms with Crippen LogP contribution in [0, 0.1) is 5.82 Å². The minimum atomic E-state index is -0.319. The number of halogens is 1. The summed E-state index contributed by atoms with van der Waals surface area (Å²) in [6.07, 6.45) is 3.66. The molecule has 4 rings (SSSR count). The van der Waals surface area contributed by atoms with Crippen molar-refractivity contribution in [3.63, 3.8) is 0 Å². The second-order valence-electron chi connectivity index (χ2n) is 7.76. The van der Waals surface area contributed by atoms with Gasteiger partial charge in [0.15, 0.2) is 10.8 Å². The molecule has 33 heavy (non-hydrogen) atoms. The van der Waals surface area contributed by atoms with E-state index >= 15 is 0 Å². The maximum atomic E-state index is 13.2. The Labute approximate surface area is 194 Å². The van der Waals surface area contributed by atoms with Crippen LogP contribution in [0.15, 0.2) is 41.7 Å². The first-order chi connectivity index (χ1) is 15.9. The first-order valence-corrected chi connectivity index (χ1v) is 11.7. The molecule has 9 nitrogen and oxygen atoms in total. The number of hydrogen-bond donors (Lipinski definition) is 2. The van der Waals surface area contributed by atoms with E-state index < -0.39 is 0 Å². The zero-order chi connectivity index (χ0) is 23.5. The summed E-state index contributed by atoms with van der Waals surface area (Å²) in [4.78, 5) is 21.9. The summed E-state index contributed by atoms with van der Waals surface area (Å²) in [5.74, 6) is 0.176. The number of aryl methyl sites for hydroxylation is 1. The molecule has 11 heteroatoms. The minimum Gasteiger partial charge on any atom is -0.367 e. The van der Waals surface area contributed by atoms with Crippen molar-refractivity contribution in [2.45, 2.75) is 31.6 Å². The number of nitrogens with one attached hydrogen (secondary N) is 2. The van der Waals surface area contributed by atoms with Gasteiger partial charge < -0.3 is 10.6 Å². The molecule has 3 heterocycles. The average Bonchev–Trinajstić information content (AvgIpc) is 3.37.